The molecule has 0 unspecified atom stereocenters. The van der Waals surface area contributed by atoms with Crippen LogP contribution in [0.5, 0.6) is 5.75 Å². The van der Waals surface area contributed by atoms with Crippen LogP contribution in [0.2, 0.25) is 0 Å². The molecule has 0 saturated carbocycles. The van der Waals surface area contributed by atoms with Crippen molar-refractivity contribution in [3.05, 3.63) is 47.4 Å². The lowest BCUT2D eigenvalue weighted by Gasteiger charge is -2.33. The summed E-state index contributed by atoms with van der Waals surface area (Å²) in [5, 5.41) is 4.82. The molecule has 0 atom stereocenters. The molecule has 0 radical (unpaired) electrons. The number of pyridine rings is 1. The molecule has 1 aliphatic rings. The summed E-state index contributed by atoms with van der Waals surface area (Å²) in [4.78, 5) is 27.8. The molecule has 1 N–H and O–H groups in total. The van der Waals surface area contributed by atoms with Gasteiger partial charge in [0.1, 0.15) is 21.9 Å². The molecule has 0 fully saturated rings. The fourth-order valence-electron chi connectivity index (χ4n) is 4.42. The Balaban J connectivity index is 1.49. The number of hydrogen-bond acceptors (Lipinski definition) is 8. The summed E-state index contributed by atoms with van der Waals surface area (Å²) in [5.41, 5.74) is 4.93. The SMILES string of the molecule is COc1cccc(NC(=O)CSc2ncnc3c2sc2nc(C(C)C)c4c(c23)CC(C)(C)OC4)c1. The number of carbonyl (C=O) groups excluding carboxylic acids is 1. The fourth-order valence-corrected chi connectivity index (χ4v) is 6.46. The molecular formula is C26H28N4O3S2. The molecule has 4 aromatic rings. The first kappa shape index (κ1) is 24.0. The van der Waals surface area contributed by atoms with E-state index in [0.29, 0.717) is 24.0 Å². The summed E-state index contributed by atoms with van der Waals surface area (Å²) in [5.74, 6) is 1.13. The van der Waals surface area contributed by atoms with Gasteiger partial charge in [0.15, 0.2) is 0 Å². The molecule has 1 amide bonds. The normalized spacial score (nSPS) is 14.9. The van der Waals surface area contributed by atoms with Gasteiger partial charge < -0.3 is 14.8 Å². The highest BCUT2D eigenvalue weighted by atomic mass is 32.2. The number of nitrogens with one attached hydrogen (secondary N) is 1. The molecule has 0 bridgehead atoms. The van der Waals surface area contributed by atoms with Crippen LogP contribution in [0.3, 0.4) is 0 Å². The van der Waals surface area contributed by atoms with E-state index in [0.717, 1.165) is 37.6 Å². The predicted octanol–water partition coefficient (Wildman–Crippen LogP) is 5.95. The topological polar surface area (TPSA) is 86.2 Å². The maximum Gasteiger partial charge on any atom is 0.234 e. The van der Waals surface area contributed by atoms with Gasteiger partial charge in [0.2, 0.25) is 5.91 Å². The number of nitrogens with zero attached hydrogens (tertiary/aromatic N) is 3. The van der Waals surface area contributed by atoms with E-state index in [1.165, 1.54) is 22.9 Å². The number of rotatable bonds is 6. The van der Waals surface area contributed by atoms with Crippen molar-refractivity contribution in [2.75, 3.05) is 18.2 Å². The monoisotopic (exact) mass is 508 g/mol. The number of thiophene rings is 1. The largest absolute Gasteiger partial charge is 0.497 e. The predicted molar refractivity (Wildman–Crippen MR) is 142 cm³/mol. The Morgan fingerprint density at radius 3 is 2.89 bits per heavy atom. The van der Waals surface area contributed by atoms with Crippen LogP contribution in [0, 0.1) is 0 Å². The Bertz CT molecular complexity index is 1430. The molecule has 3 aromatic heterocycles. The highest BCUT2D eigenvalue weighted by Gasteiger charge is 2.32. The van der Waals surface area contributed by atoms with Crippen LogP contribution in [0.4, 0.5) is 5.69 Å². The number of ether oxygens (including phenoxy) is 2. The van der Waals surface area contributed by atoms with E-state index in [1.807, 2.05) is 18.2 Å². The zero-order valence-electron chi connectivity index (χ0n) is 20.5. The number of benzene rings is 1. The van der Waals surface area contributed by atoms with Gasteiger partial charge in [-0.25, -0.2) is 15.0 Å². The minimum atomic E-state index is -0.243. The van der Waals surface area contributed by atoms with Gasteiger partial charge >= 0.3 is 0 Å². The van der Waals surface area contributed by atoms with Crippen LogP contribution in [0.15, 0.2) is 35.6 Å². The summed E-state index contributed by atoms with van der Waals surface area (Å²) in [7, 11) is 1.60. The lowest BCUT2D eigenvalue weighted by atomic mass is 9.87. The molecule has 35 heavy (non-hydrogen) atoms. The van der Waals surface area contributed by atoms with Gasteiger partial charge in [-0.1, -0.05) is 31.7 Å². The van der Waals surface area contributed by atoms with E-state index in [4.69, 9.17) is 14.5 Å². The van der Waals surface area contributed by atoms with Crippen molar-refractivity contribution >= 4 is 55.1 Å². The third kappa shape index (κ3) is 4.72. The van der Waals surface area contributed by atoms with Crippen molar-refractivity contribution in [1.29, 1.82) is 0 Å². The van der Waals surface area contributed by atoms with E-state index in [9.17, 15) is 4.79 Å². The number of hydrogen-bond donors (Lipinski definition) is 1. The first-order chi connectivity index (χ1) is 16.8. The van der Waals surface area contributed by atoms with Crippen molar-refractivity contribution in [2.24, 2.45) is 0 Å². The summed E-state index contributed by atoms with van der Waals surface area (Å²) in [6.45, 7) is 9.16. The molecule has 5 rings (SSSR count). The number of thioether (sulfide) groups is 1. The average molecular weight is 509 g/mol. The van der Waals surface area contributed by atoms with Gasteiger partial charge in [0.05, 0.1) is 41.0 Å². The smallest absolute Gasteiger partial charge is 0.234 e. The number of methoxy groups -OCH3 is 1. The Hall–Kier alpha value is -2.75. The molecule has 0 saturated heterocycles. The van der Waals surface area contributed by atoms with E-state index >= 15 is 0 Å². The quantitative estimate of drug-likeness (QED) is 0.254. The number of anilines is 1. The lowest BCUT2D eigenvalue weighted by Crippen LogP contribution is -2.32. The summed E-state index contributed by atoms with van der Waals surface area (Å²) >= 11 is 3.02. The molecular weight excluding hydrogens is 480 g/mol. The number of fused-ring (bicyclic) bond motifs is 5. The molecule has 182 valence electrons. The van der Waals surface area contributed by atoms with Crippen molar-refractivity contribution in [3.63, 3.8) is 0 Å². The number of carbonyl (C=O) groups is 1. The van der Waals surface area contributed by atoms with Crippen LogP contribution < -0.4 is 10.1 Å². The van der Waals surface area contributed by atoms with Gasteiger partial charge in [-0.15, -0.1) is 11.3 Å². The molecule has 0 spiro atoms. The first-order valence-electron chi connectivity index (χ1n) is 11.6. The van der Waals surface area contributed by atoms with E-state index in [-0.39, 0.29) is 17.3 Å². The molecule has 0 aliphatic carbocycles. The molecule has 1 aliphatic heterocycles. The van der Waals surface area contributed by atoms with Gasteiger partial charge in [-0.05, 0) is 37.5 Å². The average Bonchev–Trinajstić information content (AvgIpc) is 3.21. The minimum Gasteiger partial charge on any atom is -0.497 e. The Labute approximate surface area is 212 Å². The fraction of sp³-hybridized carbons (Fsp3) is 0.385. The maximum absolute atomic E-state index is 12.6. The second-order valence-corrected chi connectivity index (χ2v) is 11.5. The second kappa shape index (κ2) is 9.37. The van der Waals surface area contributed by atoms with E-state index in [2.05, 4.69) is 43.0 Å². The molecule has 9 heteroatoms. The molecule has 7 nitrogen and oxygen atoms in total. The van der Waals surface area contributed by atoms with Gasteiger partial charge in [-0.3, -0.25) is 4.79 Å². The zero-order valence-corrected chi connectivity index (χ0v) is 22.1. The third-order valence-corrected chi connectivity index (χ3v) is 8.27. The Morgan fingerprint density at radius 2 is 2.11 bits per heavy atom. The van der Waals surface area contributed by atoms with Crippen molar-refractivity contribution in [3.8, 4) is 5.75 Å². The van der Waals surface area contributed by atoms with Crippen LogP contribution in [0.25, 0.3) is 20.4 Å². The van der Waals surface area contributed by atoms with Crippen molar-refractivity contribution in [2.45, 2.75) is 57.3 Å². The second-order valence-electron chi connectivity index (χ2n) is 9.54. The van der Waals surface area contributed by atoms with Gasteiger partial charge in [0.25, 0.3) is 0 Å². The molecule has 1 aromatic carbocycles. The zero-order chi connectivity index (χ0) is 24.7. The minimum absolute atomic E-state index is 0.104. The summed E-state index contributed by atoms with van der Waals surface area (Å²) < 4.78 is 12.4. The van der Waals surface area contributed by atoms with E-state index in [1.54, 1.807) is 30.8 Å². The van der Waals surface area contributed by atoms with Crippen LogP contribution in [0.1, 0.15) is 50.4 Å². The first-order valence-corrected chi connectivity index (χ1v) is 13.4. The van der Waals surface area contributed by atoms with Crippen molar-refractivity contribution < 1.29 is 14.3 Å². The number of aromatic nitrogens is 3. The van der Waals surface area contributed by atoms with Gasteiger partial charge in [-0.2, -0.15) is 0 Å². The standard InChI is InChI=1S/C26H28N4O3S2/c1-14(2)21-18-11-33-26(3,4)10-17(18)20-22-23(35-24(20)30-21)25(28-13-27-22)34-12-19(31)29-15-7-6-8-16(9-15)32-5/h6-9,13-14H,10-12H2,1-5H3,(H,29,31). The van der Waals surface area contributed by atoms with Gasteiger partial charge in [0, 0.05) is 29.1 Å². The third-order valence-electron chi connectivity index (χ3n) is 6.07. The highest BCUT2D eigenvalue weighted by Crippen LogP contribution is 2.43. The highest BCUT2D eigenvalue weighted by molar-refractivity contribution is 8.00. The van der Waals surface area contributed by atoms with Crippen LogP contribution in [-0.4, -0.2) is 39.3 Å². The summed E-state index contributed by atoms with van der Waals surface area (Å²) in [6.07, 6.45) is 2.40. The van der Waals surface area contributed by atoms with Crippen LogP contribution >= 0.6 is 23.1 Å². The van der Waals surface area contributed by atoms with Crippen molar-refractivity contribution in [1.82, 2.24) is 15.0 Å². The lowest BCUT2D eigenvalue weighted by molar-refractivity contribution is -0.113. The molecule has 4 heterocycles. The Morgan fingerprint density at radius 1 is 1.29 bits per heavy atom. The number of amides is 1. The van der Waals surface area contributed by atoms with Crippen LogP contribution in [-0.2, 0) is 22.6 Å². The maximum atomic E-state index is 12.6. The summed E-state index contributed by atoms with van der Waals surface area (Å²) in [6, 6.07) is 7.32. The Kier molecular flexibility index (Phi) is 6.41. The van der Waals surface area contributed by atoms with E-state index < -0.39 is 0 Å².